The summed E-state index contributed by atoms with van der Waals surface area (Å²) in [4.78, 5) is 23.7. The molecule has 29 heavy (non-hydrogen) atoms. The van der Waals surface area contributed by atoms with E-state index in [-0.39, 0.29) is 17.4 Å². The first-order chi connectivity index (χ1) is 14.1. The van der Waals surface area contributed by atoms with Crippen LogP contribution in [0.5, 0.6) is 5.75 Å². The molecule has 0 atom stereocenters. The van der Waals surface area contributed by atoms with Crippen LogP contribution in [0.4, 0.5) is 0 Å². The highest BCUT2D eigenvalue weighted by atomic mass is 32.2. The molecule has 2 aromatic carbocycles. The zero-order chi connectivity index (χ0) is 20.6. The fourth-order valence-corrected chi connectivity index (χ4v) is 3.62. The zero-order valence-electron chi connectivity index (χ0n) is 16.3. The number of aromatic nitrogens is 3. The Kier molecular flexibility index (Phi) is 7.02. The van der Waals surface area contributed by atoms with Crippen molar-refractivity contribution in [3.8, 4) is 11.4 Å². The highest BCUT2D eigenvalue weighted by Crippen LogP contribution is 2.25. The van der Waals surface area contributed by atoms with Crippen molar-refractivity contribution in [2.24, 2.45) is 0 Å². The van der Waals surface area contributed by atoms with Gasteiger partial charge in [-0.25, -0.2) is 0 Å². The molecule has 7 nitrogen and oxygen atoms in total. The number of amides is 1. The molecule has 0 spiro atoms. The molecule has 0 saturated carbocycles. The molecule has 0 unspecified atom stereocenters. The lowest BCUT2D eigenvalue weighted by molar-refractivity contribution is -0.118. The van der Waals surface area contributed by atoms with Gasteiger partial charge in [-0.1, -0.05) is 48.2 Å². The van der Waals surface area contributed by atoms with Crippen LogP contribution in [0.2, 0.25) is 0 Å². The van der Waals surface area contributed by atoms with E-state index in [1.54, 1.807) is 19.2 Å². The number of nitrogens with zero attached hydrogens (tertiary/aromatic N) is 3. The van der Waals surface area contributed by atoms with Crippen molar-refractivity contribution in [1.29, 1.82) is 0 Å². The summed E-state index contributed by atoms with van der Waals surface area (Å²) in [6, 6.07) is 16.7. The van der Waals surface area contributed by atoms with Gasteiger partial charge in [0, 0.05) is 31.5 Å². The van der Waals surface area contributed by atoms with Crippen molar-refractivity contribution in [3.63, 3.8) is 0 Å². The second-order valence-electron chi connectivity index (χ2n) is 6.25. The van der Waals surface area contributed by atoms with Gasteiger partial charge in [-0.3, -0.25) is 14.2 Å². The van der Waals surface area contributed by atoms with Crippen LogP contribution in [-0.4, -0.2) is 45.9 Å². The number of rotatable bonds is 9. The van der Waals surface area contributed by atoms with Crippen LogP contribution in [-0.2, 0) is 11.2 Å². The van der Waals surface area contributed by atoms with Gasteiger partial charge < -0.3 is 10.1 Å². The minimum Gasteiger partial charge on any atom is -0.497 e. The largest absolute Gasteiger partial charge is 0.497 e. The molecule has 0 bridgehead atoms. The van der Waals surface area contributed by atoms with E-state index in [2.05, 4.69) is 15.5 Å². The Morgan fingerprint density at radius 1 is 1.10 bits per heavy atom. The molecule has 0 saturated heterocycles. The van der Waals surface area contributed by atoms with Crippen molar-refractivity contribution in [3.05, 3.63) is 66.0 Å². The Morgan fingerprint density at radius 3 is 2.62 bits per heavy atom. The van der Waals surface area contributed by atoms with Crippen LogP contribution in [0.1, 0.15) is 23.1 Å². The molecule has 1 heterocycles. The number of thioether (sulfide) groups is 1. The Bertz CT molecular complexity index is 989. The Labute approximate surface area is 173 Å². The van der Waals surface area contributed by atoms with Gasteiger partial charge in [0.2, 0.25) is 5.91 Å². The van der Waals surface area contributed by atoms with Gasteiger partial charge in [0.1, 0.15) is 11.6 Å². The topological polar surface area (TPSA) is 86.1 Å². The van der Waals surface area contributed by atoms with Crippen molar-refractivity contribution in [2.75, 3.05) is 19.4 Å². The summed E-state index contributed by atoms with van der Waals surface area (Å²) >= 11 is 1.33. The fraction of sp³-hybridized carbons (Fsp3) is 0.238. The fourth-order valence-electron chi connectivity index (χ4n) is 2.75. The lowest BCUT2D eigenvalue weighted by Gasteiger charge is -2.11. The van der Waals surface area contributed by atoms with E-state index < -0.39 is 0 Å². The molecule has 1 amide bonds. The van der Waals surface area contributed by atoms with Crippen molar-refractivity contribution in [1.82, 2.24) is 20.1 Å². The average molecular weight is 410 g/mol. The van der Waals surface area contributed by atoms with E-state index in [9.17, 15) is 9.59 Å². The number of ether oxygens (including phenoxy) is 1. The standard InChI is InChI=1S/C21H22N4O3S/c1-15(26)22-12-11-20-23-24-21(25(20)17-9-6-10-18(13-17)28-2)29-14-19(27)16-7-4-3-5-8-16/h3-10,13H,11-12,14H2,1-2H3,(H,22,26). The molecule has 0 aliphatic heterocycles. The summed E-state index contributed by atoms with van der Waals surface area (Å²) in [5.41, 5.74) is 1.50. The Hall–Kier alpha value is -3.13. The predicted molar refractivity (Wildman–Crippen MR) is 112 cm³/mol. The first-order valence-electron chi connectivity index (χ1n) is 9.12. The highest BCUT2D eigenvalue weighted by molar-refractivity contribution is 7.99. The second kappa shape index (κ2) is 9.88. The summed E-state index contributed by atoms with van der Waals surface area (Å²) < 4.78 is 7.23. The van der Waals surface area contributed by atoms with E-state index >= 15 is 0 Å². The Morgan fingerprint density at radius 2 is 1.90 bits per heavy atom. The maximum atomic E-state index is 12.5. The number of carbonyl (C=O) groups is 2. The first kappa shape index (κ1) is 20.6. The number of nitrogens with one attached hydrogen (secondary N) is 1. The van der Waals surface area contributed by atoms with Crippen LogP contribution in [0, 0.1) is 0 Å². The lowest BCUT2D eigenvalue weighted by atomic mass is 10.2. The zero-order valence-corrected chi connectivity index (χ0v) is 17.1. The first-order valence-corrected chi connectivity index (χ1v) is 10.1. The van der Waals surface area contributed by atoms with E-state index in [0.29, 0.717) is 35.3 Å². The average Bonchev–Trinajstić information content (AvgIpc) is 3.15. The summed E-state index contributed by atoms with van der Waals surface area (Å²) in [6.45, 7) is 1.92. The second-order valence-corrected chi connectivity index (χ2v) is 7.19. The van der Waals surface area contributed by atoms with E-state index in [0.717, 1.165) is 5.69 Å². The summed E-state index contributed by atoms with van der Waals surface area (Å²) in [6.07, 6.45) is 0.511. The number of hydrogen-bond acceptors (Lipinski definition) is 6. The van der Waals surface area contributed by atoms with Crippen molar-refractivity contribution >= 4 is 23.5 Å². The van der Waals surface area contributed by atoms with Gasteiger partial charge in [0.15, 0.2) is 10.9 Å². The maximum absolute atomic E-state index is 12.5. The normalized spacial score (nSPS) is 10.6. The van der Waals surface area contributed by atoms with Crippen LogP contribution in [0.15, 0.2) is 59.8 Å². The predicted octanol–water partition coefficient (Wildman–Crippen LogP) is 2.93. The maximum Gasteiger partial charge on any atom is 0.216 e. The van der Waals surface area contributed by atoms with E-state index in [1.807, 2.05) is 47.0 Å². The highest BCUT2D eigenvalue weighted by Gasteiger charge is 2.17. The van der Waals surface area contributed by atoms with E-state index in [1.165, 1.54) is 18.7 Å². The summed E-state index contributed by atoms with van der Waals surface area (Å²) in [7, 11) is 1.61. The third-order valence-electron chi connectivity index (χ3n) is 4.16. The number of carbonyl (C=O) groups excluding carboxylic acids is 2. The van der Waals surface area contributed by atoms with Crippen LogP contribution >= 0.6 is 11.8 Å². The van der Waals surface area contributed by atoms with Gasteiger partial charge in [-0.2, -0.15) is 0 Å². The van der Waals surface area contributed by atoms with Crippen LogP contribution < -0.4 is 10.1 Å². The summed E-state index contributed by atoms with van der Waals surface area (Å²) in [5, 5.41) is 11.9. The SMILES string of the molecule is COc1cccc(-n2c(CCNC(C)=O)nnc2SCC(=O)c2ccccc2)c1. The molecule has 0 aliphatic carbocycles. The monoisotopic (exact) mass is 410 g/mol. The third kappa shape index (κ3) is 5.45. The molecule has 1 aromatic heterocycles. The van der Waals surface area contributed by atoms with Crippen molar-refractivity contribution < 1.29 is 14.3 Å². The molecule has 0 radical (unpaired) electrons. The lowest BCUT2D eigenvalue weighted by Crippen LogP contribution is -2.23. The third-order valence-corrected chi connectivity index (χ3v) is 5.09. The molecular formula is C21H22N4O3S. The Balaban J connectivity index is 1.84. The minimum atomic E-state index is -0.0968. The number of benzene rings is 2. The van der Waals surface area contributed by atoms with E-state index in [4.69, 9.17) is 4.74 Å². The van der Waals surface area contributed by atoms with Crippen molar-refractivity contribution in [2.45, 2.75) is 18.5 Å². The van der Waals surface area contributed by atoms with Gasteiger partial charge in [-0.15, -0.1) is 10.2 Å². The van der Waals surface area contributed by atoms with Crippen LogP contribution in [0.25, 0.3) is 5.69 Å². The van der Waals surface area contributed by atoms with Crippen LogP contribution in [0.3, 0.4) is 0 Å². The number of Topliss-reactive ketones (excluding diaryl/α,β-unsaturated/α-hetero) is 1. The molecule has 0 aliphatic rings. The quantitative estimate of drug-likeness (QED) is 0.431. The van der Waals surface area contributed by atoms with Gasteiger partial charge in [-0.05, 0) is 12.1 Å². The molecular weight excluding hydrogens is 388 g/mol. The van der Waals surface area contributed by atoms with Gasteiger partial charge in [0.25, 0.3) is 0 Å². The molecule has 150 valence electrons. The molecule has 1 N–H and O–H groups in total. The molecule has 8 heteroatoms. The smallest absolute Gasteiger partial charge is 0.216 e. The molecule has 3 aromatic rings. The number of hydrogen-bond donors (Lipinski definition) is 1. The molecule has 3 rings (SSSR count). The molecule has 0 fully saturated rings. The minimum absolute atomic E-state index is 0.0237. The number of ketones is 1. The number of methoxy groups -OCH3 is 1. The van der Waals surface area contributed by atoms with Gasteiger partial charge >= 0.3 is 0 Å². The van der Waals surface area contributed by atoms with Gasteiger partial charge in [0.05, 0.1) is 18.6 Å². The summed E-state index contributed by atoms with van der Waals surface area (Å²) in [5.74, 6) is 1.58.